The average molecular weight is 315 g/mol. The molecule has 1 aromatic heterocycles. The normalized spacial score (nSPS) is 15.8. The smallest absolute Gasteiger partial charge is 0.268 e. The Kier molecular flexibility index (Phi) is 4.13. The van der Waals surface area contributed by atoms with E-state index >= 15 is 0 Å². The van der Waals surface area contributed by atoms with Crippen LogP contribution in [-0.2, 0) is 11.3 Å². The van der Waals surface area contributed by atoms with E-state index in [0.29, 0.717) is 23.3 Å². The Morgan fingerprint density at radius 2 is 2.17 bits per heavy atom. The van der Waals surface area contributed by atoms with Crippen molar-refractivity contribution in [1.29, 1.82) is 0 Å². The topological polar surface area (TPSA) is 67.2 Å². The van der Waals surface area contributed by atoms with Gasteiger partial charge in [0, 0.05) is 26.2 Å². The fraction of sp³-hybridized carbons (Fsp3) is 0.545. The van der Waals surface area contributed by atoms with E-state index < -0.39 is 0 Å². The lowest BCUT2D eigenvalue weighted by atomic mass is 10.3. The van der Waals surface area contributed by atoms with Gasteiger partial charge >= 0.3 is 0 Å². The van der Waals surface area contributed by atoms with Gasteiger partial charge in [-0.2, -0.15) is 0 Å². The van der Waals surface area contributed by atoms with Crippen LogP contribution in [-0.4, -0.2) is 46.5 Å². The van der Waals surface area contributed by atoms with Gasteiger partial charge in [0.1, 0.15) is 11.0 Å². The van der Waals surface area contributed by atoms with Gasteiger partial charge < -0.3 is 10.2 Å². The van der Waals surface area contributed by atoms with Gasteiger partial charge in [0.2, 0.25) is 5.91 Å². The molecule has 1 fully saturated rings. The molecule has 1 aliphatic heterocycles. The SMILES string of the molecule is Cc1ncn(CC(=O)N2CCNCC2)c(=O)c1Br. The lowest BCUT2D eigenvalue weighted by Crippen LogP contribution is -2.48. The molecule has 98 valence electrons. The van der Waals surface area contributed by atoms with Crippen molar-refractivity contribution in [3.8, 4) is 0 Å². The van der Waals surface area contributed by atoms with Crippen LogP contribution < -0.4 is 10.9 Å². The maximum Gasteiger partial charge on any atom is 0.268 e. The summed E-state index contributed by atoms with van der Waals surface area (Å²) in [6.07, 6.45) is 1.42. The minimum atomic E-state index is -0.217. The summed E-state index contributed by atoms with van der Waals surface area (Å²) in [7, 11) is 0. The summed E-state index contributed by atoms with van der Waals surface area (Å²) in [5.74, 6) is -0.0452. The standard InChI is InChI=1S/C11H15BrN4O2/c1-8-10(12)11(18)16(7-14-8)6-9(17)15-4-2-13-3-5-15/h7,13H,2-6H2,1H3. The molecular formula is C11H15BrN4O2. The molecule has 0 aromatic carbocycles. The molecule has 0 spiro atoms. The van der Waals surface area contributed by atoms with Crippen molar-refractivity contribution in [3.05, 3.63) is 26.8 Å². The summed E-state index contributed by atoms with van der Waals surface area (Å²) in [6, 6.07) is 0. The van der Waals surface area contributed by atoms with Crippen LogP contribution in [0.2, 0.25) is 0 Å². The van der Waals surface area contributed by atoms with Crippen LogP contribution in [0, 0.1) is 6.92 Å². The maximum atomic E-state index is 12.0. The van der Waals surface area contributed by atoms with Gasteiger partial charge in [-0.1, -0.05) is 0 Å². The van der Waals surface area contributed by atoms with Gasteiger partial charge in [-0.15, -0.1) is 0 Å². The Bertz CT molecular complexity index is 508. The molecule has 2 heterocycles. The molecule has 1 saturated heterocycles. The lowest BCUT2D eigenvalue weighted by Gasteiger charge is -2.27. The Morgan fingerprint density at radius 3 is 2.83 bits per heavy atom. The van der Waals surface area contributed by atoms with Gasteiger partial charge in [-0.05, 0) is 22.9 Å². The molecule has 2 rings (SSSR count). The van der Waals surface area contributed by atoms with E-state index in [2.05, 4.69) is 26.2 Å². The van der Waals surface area contributed by atoms with E-state index in [1.54, 1.807) is 11.8 Å². The summed E-state index contributed by atoms with van der Waals surface area (Å²) in [6.45, 7) is 4.77. The zero-order valence-corrected chi connectivity index (χ0v) is 11.7. The van der Waals surface area contributed by atoms with E-state index in [-0.39, 0.29) is 18.0 Å². The summed E-state index contributed by atoms with van der Waals surface area (Å²) in [4.78, 5) is 29.7. The fourth-order valence-corrected chi connectivity index (χ4v) is 2.15. The number of rotatable bonds is 2. The summed E-state index contributed by atoms with van der Waals surface area (Å²) >= 11 is 3.19. The molecular weight excluding hydrogens is 300 g/mol. The van der Waals surface area contributed by atoms with Crippen LogP contribution in [0.15, 0.2) is 15.6 Å². The van der Waals surface area contributed by atoms with Crippen molar-refractivity contribution in [2.75, 3.05) is 26.2 Å². The molecule has 0 aliphatic carbocycles. The molecule has 0 radical (unpaired) electrons. The third kappa shape index (κ3) is 2.78. The van der Waals surface area contributed by atoms with E-state index in [1.807, 2.05) is 0 Å². The summed E-state index contributed by atoms with van der Waals surface area (Å²) in [5, 5.41) is 3.18. The highest BCUT2D eigenvalue weighted by Gasteiger charge is 2.17. The van der Waals surface area contributed by atoms with Crippen LogP contribution in [0.4, 0.5) is 0 Å². The highest BCUT2D eigenvalue weighted by Crippen LogP contribution is 2.06. The first-order valence-corrected chi connectivity index (χ1v) is 6.59. The number of carbonyl (C=O) groups excluding carboxylic acids is 1. The highest BCUT2D eigenvalue weighted by molar-refractivity contribution is 9.10. The molecule has 0 saturated carbocycles. The third-order valence-electron chi connectivity index (χ3n) is 2.93. The molecule has 7 heteroatoms. The monoisotopic (exact) mass is 314 g/mol. The van der Waals surface area contributed by atoms with Gasteiger partial charge in [-0.25, -0.2) is 4.98 Å². The van der Waals surface area contributed by atoms with Gasteiger partial charge in [0.05, 0.1) is 12.0 Å². The first kappa shape index (κ1) is 13.2. The Balaban J connectivity index is 2.12. The van der Waals surface area contributed by atoms with Gasteiger partial charge in [-0.3, -0.25) is 14.2 Å². The van der Waals surface area contributed by atoms with Crippen molar-refractivity contribution in [1.82, 2.24) is 19.8 Å². The number of hydrogen-bond acceptors (Lipinski definition) is 4. The molecule has 6 nitrogen and oxygen atoms in total. The second-order valence-corrected chi connectivity index (χ2v) is 5.00. The van der Waals surface area contributed by atoms with Crippen molar-refractivity contribution < 1.29 is 4.79 Å². The van der Waals surface area contributed by atoms with Crippen molar-refractivity contribution >= 4 is 21.8 Å². The van der Waals surface area contributed by atoms with Crippen molar-refractivity contribution in [2.45, 2.75) is 13.5 Å². The quantitative estimate of drug-likeness (QED) is 0.817. The second-order valence-electron chi connectivity index (χ2n) is 4.21. The average Bonchev–Trinajstić information content (AvgIpc) is 2.40. The fourth-order valence-electron chi connectivity index (χ4n) is 1.82. The first-order chi connectivity index (χ1) is 8.59. The molecule has 1 amide bonds. The molecule has 1 aliphatic rings. The van der Waals surface area contributed by atoms with E-state index in [0.717, 1.165) is 13.1 Å². The van der Waals surface area contributed by atoms with E-state index in [4.69, 9.17) is 0 Å². The van der Waals surface area contributed by atoms with Gasteiger partial charge in [0.15, 0.2) is 0 Å². The summed E-state index contributed by atoms with van der Waals surface area (Å²) < 4.78 is 1.75. The Labute approximate surface area is 113 Å². The predicted octanol–water partition coefficient (Wildman–Crippen LogP) is -0.254. The number of nitrogens with one attached hydrogen (secondary N) is 1. The molecule has 18 heavy (non-hydrogen) atoms. The number of hydrogen-bond donors (Lipinski definition) is 1. The van der Waals surface area contributed by atoms with Gasteiger partial charge in [0.25, 0.3) is 5.56 Å². The molecule has 0 bridgehead atoms. The van der Waals surface area contributed by atoms with E-state index in [1.165, 1.54) is 10.9 Å². The van der Waals surface area contributed by atoms with Crippen LogP contribution in [0.25, 0.3) is 0 Å². The molecule has 0 atom stereocenters. The van der Waals surface area contributed by atoms with Crippen LogP contribution in [0.5, 0.6) is 0 Å². The number of aryl methyl sites for hydroxylation is 1. The zero-order chi connectivity index (χ0) is 13.1. The molecule has 0 unspecified atom stereocenters. The minimum absolute atomic E-state index is 0.0452. The molecule has 1 aromatic rings. The van der Waals surface area contributed by atoms with Crippen LogP contribution in [0.1, 0.15) is 5.69 Å². The van der Waals surface area contributed by atoms with Crippen LogP contribution >= 0.6 is 15.9 Å². The minimum Gasteiger partial charge on any atom is -0.339 e. The number of nitrogens with zero attached hydrogens (tertiary/aromatic N) is 3. The Hall–Kier alpha value is -1.21. The number of piperazine rings is 1. The number of aromatic nitrogens is 2. The largest absolute Gasteiger partial charge is 0.339 e. The van der Waals surface area contributed by atoms with E-state index in [9.17, 15) is 9.59 Å². The van der Waals surface area contributed by atoms with Crippen molar-refractivity contribution in [3.63, 3.8) is 0 Å². The van der Waals surface area contributed by atoms with Crippen LogP contribution in [0.3, 0.4) is 0 Å². The third-order valence-corrected chi connectivity index (χ3v) is 3.85. The summed E-state index contributed by atoms with van der Waals surface area (Å²) in [5.41, 5.74) is 0.414. The number of halogens is 1. The number of carbonyl (C=O) groups is 1. The predicted molar refractivity (Wildman–Crippen MR) is 70.4 cm³/mol. The Morgan fingerprint density at radius 1 is 1.50 bits per heavy atom. The zero-order valence-electron chi connectivity index (χ0n) is 10.1. The number of amides is 1. The lowest BCUT2D eigenvalue weighted by molar-refractivity contribution is -0.132. The van der Waals surface area contributed by atoms with Crippen molar-refractivity contribution in [2.24, 2.45) is 0 Å². The highest BCUT2D eigenvalue weighted by atomic mass is 79.9. The maximum absolute atomic E-state index is 12.0. The molecule has 1 N–H and O–H groups in total. The first-order valence-electron chi connectivity index (χ1n) is 5.79. The second kappa shape index (κ2) is 5.62.